The van der Waals surface area contributed by atoms with E-state index in [0.717, 1.165) is 15.8 Å². The number of amides is 2. The predicted octanol–water partition coefficient (Wildman–Crippen LogP) is 1.79. The van der Waals surface area contributed by atoms with Gasteiger partial charge in [0, 0.05) is 37.6 Å². The summed E-state index contributed by atoms with van der Waals surface area (Å²) >= 11 is 1.47. The Morgan fingerprint density at radius 2 is 2.24 bits per heavy atom. The van der Waals surface area contributed by atoms with Gasteiger partial charge in [-0.05, 0) is 24.3 Å². The smallest absolute Gasteiger partial charge is 0.267 e. The Hall–Kier alpha value is -3.28. The number of nitrogens with zero attached hydrogens (tertiary/aromatic N) is 3. The molecule has 3 aromatic rings. The number of hydrogen-bond donors (Lipinski definition) is 2. The van der Waals surface area contributed by atoms with E-state index < -0.39 is 11.5 Å². The third kappa shape index (κ3) is 3.58. The van der Waals surface area contributed by atoms with Gasteiger partial charge in [0.15, 0.2) is 5.60 Å². The second kappa shape index (κ2) is 7.28. The zero-order chi connectivity index (χ0) is 20.6. The number of likely N-dealkylation sites (N-methyl/N-ethyl adjacent to an activating group) is 1. The van der Waals surface area contributed by atoms with E-state index in [1.54, 1.807) is 30.8 Å². The van der Waals surface area contributed by atoms with Gasteiger partial charge in [-0.1, -0.05) is 17.9 Å². The van der Waals surface area contributed by atoms with E-state index in [1.807, 2.05) is 12.1 Å². The number of carbonyl (C=O) groups excluding carboxylic acids is 2. The van der Waals surface area contributed by atoms with Crippen molar-refractivity contribution in [2.75, 3.05) is 13.6 Å². The molecule has 2 aromatic heterocycles. The van der Waals surface area contributed by atoms with Gasteiger partial charge in [-0.3, -0.25) is 9.59 Å². The van der Waals surface area contributed by atoms with Gasteiger partial charge in [0.2, 0.25) is 0 Å². The second-order valence-corrected chi connectivity index (χ2v) is 7.87. The number of hydrogen-bond acceptors (Lipinski definition) is 6. The fourth-order valence-electron chi connectivity index (χ4n) is 3.33. The number of nitrogens with two attached hydrogens (primary N) is 1. The number of rotatable bonds is 3. The normalized spacial score (nSPS) is 18.7. The SMILES string of the molecule is CN1CCC(O)(CC#Cc2cc(-c3cccc(C(N)=O)n3)c3ncsc3c2)C1=O. The lowest BCUT2D eigenvalue weighted by atomic mass is 9.98. The van der Waals surface area contributed by atoms with Crippen LogP contribution in [0.2, 0.25) is 0 Å². The number of pyridine rings is 1. The largest absolute Gasteiger partial charge is 0.379 e. The minimum absolute atomic E-state index is 0.0711. The van der Waals surface area contributed by atoms with Crippen molar-refractivity contribution in [2.45, 2.75) is 18.4 Å². The summed E-state index contributed by atoms with van der Waals surface area (Å²) in [4.78, 5) is 33.8. The molecule has 1 unspecified atom stereocenters. The third-order valence-corrected chi connectivity index (χ3v) is 5.71. The van der Waals surface area contributed by atoms with E-state index >= 15 is 0 Å². The first-order valence-corrected chi connectivity index (χ1v) is 9.87. The lowest BCUT2D eigenvalue weighted by Crippen LogP contribution is -2.38. The lowest BCUT2D eigenvalue weighted by Gasteiger charge is -2.17. The predicted molar refractivity (Wildman–Crippen MR) is 110 cm³/mol. The van der Waals surface area contributed by atoms with Crippen molar-refractivity contribution in [1.82, 2.24) is 14.9 Å². The summed E-state index contributed by atoms with van der Waals surface area (Å²) in [5.74, 6) is 5.09. The molecule has 1 aromatic carbocycles. The zero-order valence-corrected chi connectivity index (χ0v) is 16.5. The molecule has 4 rings (SSSR count). The summed E-state index contributed by atoms with van der Waals surface area (Å²) in [6.45, 7) is 0.524. The number of thiazole rings is 1. The average molecular weight is 406 g/mol. The highest BCUT2D eigenvalue weighted by Gasteiger charge is 2.42. The van der Waals surface area contributed by atoms with Crippen LogP contribution in [0.5, 0.6) is 0 Å². The molecule has 1 fully saturated rings. The maximum atomic E-state index is 12.1. The molecule has 1 saturated heterocycles. The number of benzene rings is 1. The molecule has 8 heteroatoms. The van der Waals surface area contributed by atoms with Crippen LogP contribution in [0.1, 0.15) is 28.9 Å². The first kappa shape index (κ1) is 19.1. The number of fused-ring (bicyclic) bond motifs is 1. The Morgan fingerprint density at radius 3 is 2.97 bits per heavy atom. The summed E-state index contributed by atoms with van der Waals surface area (Å²) in [5.41, 5.74) is 8.64. The number of primary amides is 1. The van der Waals surface area contributed by atoms with E-state index in [4.69, 9.17) is 5.73 Å². The molecular formula is C21H18N4O3S. The summed E-state index contributed by atoms with van der Waals surface area (Å²) in [5, 5.41) is 10.5. The first-order chi connectivity index (χ1) is 13.9. The van der Waals surface area contributed by atoms with Crippen LogP contribution < -0.4 is 5.73 Å². The van der Waals surface area contributed by atoms with Gasteiger partial charge in [0.25, 0.3) is 11.8 Å². The Labute approximate surface area is 171 Å². The maximum absolute atomic E-state index is 12.1. The highest BCUT2D eigenvalue weighted by Crippen LogP contribution is 2.31. The zero-order valence-electron chi connectivity index (χ0n) is 15.7. The summed E-state index contributed by atoms with van der Waals surface area (Å²) in [6, 6.07) is 8.82. The molecule has 29 heavy (non-hydrogen) atoms. The van der Waals surface area contributed by atoms with Gasteiger partial charge in [0.1, 0.15) is 5.69 Å². The van der Waals surface area contributed by atoms with Gasteiger partial charge in [-0.15, -0.1) is 11.3 Å². The lowest BCUT2D eigenvalue weighted by molar-refractivity contribution is -0.141. The minimum atomic E-state index is -1.42. The third-order valence-electron chi connectivity index (χ3n) is 4.93. The molecule has 7 nitrogen and oxygen atoms in total. The topological polar surface area (TPSA) is 109 Å². The van der Waals surface area contributed by atoms with Crippen molar-refractivity contribution in [1.29, 1.82) is 0 Å². The summed E-state index contributed by atoms with van der Waals surface area (Å²) < 4.78 is 0.925. The van der Waals surface area contributed by atoms with E-state index in [9.17, 15) is 14.7 Å². The van der Waals surface area contributed by atoms with E-state index in [0.29, 0.717) is 24.2 Å². The number of aliphatic hydroxyl groups is 1. The fraction of sp³-hybridized carbons (Fsp3) is 0.238. The van der Waals surface area contributed by atoms with Crippen LogP contribution in [0.4, 0.5) is 0 Å². The van der Waals surface area contributed by atoms with Crippen LogP contribution in [0.25, 0.3) is 21.5 Å². The molecular weight excluding hydrogens is 388 g/mol. The molecule has 0 spiro atoms. The van der Waals surface area contributed by atoms with Gasteiger partial charge in [-0.25, -0.2) is 9.97 Å². The molecule has 2 amide bonds. The maximum Gasteiger partial charge on any atom is 0.267 e. The van der Waals surface area contributed by atoms with Crippen LogP contribution in [0, 0.1) is 11.8 Å². The Kier molecular flexibility index (Phi) is 4.78. The Bertz CT molecular complexity index is 1190. The Balaban J connectivity index is 1.71. The molecule has 0 aliphatic carbocycles. The van der Waals surface area contributed by atoms with E-state index in [2.05, 4.69) is 21.8 Å². The van der Waals surface area contributed by atoms with Crippen LogP contribution >= 0.6 is 11.3 Å². The molecule has 3 heterocycles. The van der Waals surface area contributed by atoms with Crippen molar-refractivity contribution < 1.29 is 14.7 Å². The number of carbonyl (C=O) groups is 2. The van der Waals surface area contributed by atoms with Crippen molar-refractivity contribution in [3.05, 3.63) is 47.1 Å². The number of aromatic nitrogens is 2. The standard InChI is InChI=1S/C21H18N4O3S/c1-25-9-8-21(28,20(25)27)7-3-4-13-10-14(18-17(11-13)29-12-23-18)15-5-2-6-16(24-15)19(22)26/h2,5-6,10-12,28H,7-9H2,1H3,(H2,22,26). The number of likely N-dealkylation sites (tertiary alicyclic amines) is 1. The molecule has 0 radical (unpaired) electrons. The van der Waals surface area contributed by atoms with E-state index in [1.165, 1.54) is 16.2 Å². The quantitative estimate of drug-likeness (QED) is 0.645. The fourth-order valence-corrected chi connectivity index (χ4v) is 4.07. The van der Waals surface area contributed by atoms with Gasteiger partial charge in [0.05, 0.1) is 21.4 Å². The molecule has 0 bridgehead atoms. The van der Waals surface area contributed by atoms with Crippen LogP contribution in [-0.2, 0) is 4.79 Å². The van der Waals surface area contributed by atoms with E-state index in [-0.39, 0.29) is 18.0 Å². The monoisotopic (exact) mass is 406 g/mol. The van der Waals surface area contributed by atoms with Crippen LogP contribution in [-0.4, -0.2) is 51.0 Å². The van der Waals surface area contributed by atoms with Crippen molar-refractivity contribution in [2.24, 2.45) is 5.73 Å². The van der Waals surface area contributed by atoms with Crippen LogP contribution in [0.15, 0.2) is 35.8 Å². The molecule has 3 N–H and O–H groups in total. The highest BCUT2D eigenvalue weighted by atomic mass is 32.1. The molecule has 1 aliphatic heterocycles. The van der Waals surface area contributed by atoms with Gasteiger partial charge in [-0.2, -0.15) is 0 Å². The Morgan fingerprint density at radius 1 is 1.41 bits per heavy atom. The minimum Gasteiger partial charge on any atom is -0.379 e. The van der Waals surface area contributed by atoms with Gasteiger partial charge >= 0.3 is 0 Å². The second-order valence-electron chi connectivity index (χ2n) is 6.98. The summed E-state index contributed by atoms with van der Waals surface area (Å²) in [7, 11) is 1.67. The van der Waals surface area contributed by atoms with Gasteiger partial charge < -0.3 is 15.7 Å². The molecule has 0 saturated carbocycles. The van der Waals surface area contributed by atoms with Crippen molar-refractivity contribution in [3.8, 4) is 23.1 Å². The summed E-state index contributed by atoms with van der Waals surface area (Å²) in [6.07, 6.45) is 0.446. The molecule has 1 aliphatic rings. The van der Waals surface area contributed by atoms with Crippen molar-refractivity contribution in [3.63, 3.8) is 0 Å². The van der Waals surface area contributed by atoms with Crippen molar-refractivity contribution >= 4 is 33.4 Å². The highest BCUT2D eigenvalue weighted by molar-refractivity contribution is 7.16. The van der Waals surface area contributed by atoms with Crippen LogP contribution in [0.3, 0.4) is 0 Å². The first-order valence-electron chi connectivity index (χ1n) is 8.99. The average Bonchev–Trinajstić information content (AvgIpc) is 3.28. The molecule has 1 atom stereocenters. The molecule has 146 valence electrons.